The van der Waals surface area contributed by atoms with E-state index in [-0.39, 0.29) is 23.6 Å². The fourth-order valence-corrected chi connectivity index (χ4v) is 4.16. The molecule has 0 spiro atoms. The van der Waals surface area contributed by atoms with Crippen molar-refractivity contribution in [2.45, 2.75) is 13.5 Å². The molecule has 0 aliphatic heterocycles. The summed E-state index contributed by atoms with van der Waals surface area (Å²) in [5, 5.41) is 15.2. The third-order valence-electron chi connectivity index (χ3n) is 4.93. The number of phenols is 1. The van der Waals surface area contributed by atoms with Gasteiger partial charge in [0.15, 0.2) is 16.9 Å². The Morgan fingerprint density at radius 2 is 1.75 bits per heavy atom. The lowest BCUT2D eigenvalue weighted by Gasteiger charge is -2.14. The first kappa shape index (κ1) is 21.8. The van der Waals surface area contributed by atoms with Gasteiger partial charge in [-0.25, -0.2) is 5.43 Å². The van der Waals surface area contributed by atoms with Crippen molar-refractivity contribution in [3.05, 3.63) is 80.0 Å². The number of carbonyl (C=O) groups excluding carboxylic acids is 1. The van der Waals surface area contributed by atoms with Crippen molar-refractivity contribution in [1.29, 1.82) is 0 Å². The molecule has 1 amide bonds. The van der Waals surface area contributed by atoms with Crippen molar-refractivity contribution < 1.29 is 14.6 Å². The first-order chi connectivity index (χ1) is 15.5. The summed E-state index contributed by atoms with van der Waals surface area (Å²) in [4.78, 5) is 25.5. The Morgan fingerprint density at radius 3 is 2.38 bits per heavy atom. The third kappa shape index (κ3) is 4.31. The van der Waals surface area contributed by atoms with E-state index in [9.17, 15) is 14.7 Å². The van der Waals surface area contributed by atoms with Crippen LogP contribution in [-0.2, 0) is 11.3 Å². The first-order valence-corrected chi connectivity index (χ1v) is 11.0. The summed E-state index contributed by atoms with van der Waals surface area (Å²) in [6, 6.07) is 17.9. The summed E-state index contributed by atoms with van der Waals surface area (Å²) in [5.74, 6) is 0.0997. The van der Waals surface area contributed by atoms with Crippen LogP contribution in [0.5, 0.6) is 11.5 Å². The van der Waals surface area contributed by atoms with Gasteiger partial charge in [-0.2, -0.15) is 5.10 Å². The molecule has 32 heavy (non-hydrogen) atoms. The van der Waals surface area contributed by atoms with Gasteiger partial charge < -0.3 is 14.4 Å². The van der Waals surface area contributed by atoms with Gasteiger partial charge in [-0.1, -0.05) is 24.3 Å². The van der Waals surface area contributed by atoms with Gasteiger partial charge in [0.2, 0.25) is 0 Å². The second kappa shape index (κ2) is 9.39. The Hall–Kier alpha value is -3.40. The fourth-order valence-electron chi connectivity index (χ4n) is 3.54. The molecule has 0 aliphatic rings. The zero-order valence-electron chi connectivity index (χ0n) is 17.2. The van der Waals surface area contributed by atoms with Gasteiger partial charge in [-0.3, -0.25) is 9.59 Å². The van der Waals surface area contributed by atoms with E-state index in [4.69, 9.17) is 4.74 Å². The summed E-state index contributed by atoms with van der Waals surface area (Å²) in [6.45, 7) is 2.25. The molecular weight excluding hydrogens is 521 g/mol. The number of hydrogen-bond donors (Lipinski definition) is 2. The van der Waals surface area contributed by atoms with Gasteiger partial charge in [-0.05, 0) is 71.5 Å². The normalized spacial score (nSPS) is 11.3. The van der Waals surface area contributed by atoms with E-state index < -0.39 is 0 Å². The van der Waals surface area contributed by atoms with Crippen LogP contribution in [0, 0.1) is 3.57 Å². The summed E-state index contributed by atoms with van der Waals surface area (Å²) in [5.41, 5.74) is 4.52. The number of halogens is 1. The lowest BCUT2D eigenvalue weighted by molar-refractivity contribution is -0.121. The Kier molecular flexibility index (Phi) is 6.40. The molecule has 162 valence electrons. The van der Waals surface area contributed by atoms with Gasteiger partial charge in [0.25, 0.3) is 5.91 Å². The molecule has 2 N–H and O–H groups in total. The molecule has 0 aliphatic carbocycles. The fraction of sp³-hybridized carbons (Fsp3) is 0.125. The standard InChI is InChI=1S/C24H20IN3O4/c1-2-32-21-12-15(11-18(25)24(21)31)13-26-27-22(29)14-28-19-9-5-3-7-16(19)23(30)17-8-4-6-10-20(17)28/h3-13,31H,2,14H2,1H3,(H,27,29)/b26-13-. The van der Waals surface area contributed by atoms with E-state index >= 15 is 0 Å². The molecule has 1 heterocycles. The summed E-state index contributed by atoms with van der Waals surface area (Å²) in [6.07, 6.45) is 1.49. The minimum atomic E-state index is -0.335. The van der Waals surface area contributed by atoms with Gasteiger partial charge in [-0.15, -0.1) is 0 Å². The maximum Gasteiger partial charge on any atom is 0.260 e. The van der Waals surface area contributed by atoms with E-state index in [1.807, 2.05) is 70.5 Å². The monoisotopic (exact) mass is 541 g/mol. The number of aromatic hydroxyl groups is 1. The van der Waals surface area contributed by atoms with Crippen LogP contribution >= 0.6 is 22.6 Å². The van der Waals surface area contributed by atoms with Gasteiger partial charge in [0, 0.05) is 10.8 Å². The molecule has 0 saturated heterocycles. The number of amides is 1. The van der Waals surface area contributed by atoms with Crippen LogP contribution < -0.4 is 15.6 Å². The quantitative estimate of drug-likeness (QED) is 0.167. The maximum absolute atomic E-state index is 12.8. The molecule has 0 saturated carbocycles. The lowest BCUT2D eigenvalue weighted by atomic mass is 10.1. The average Bonchev–Trinajstić information content (AvgIpc) is 2.80. The van der Waals surface area contributed by atoms with Crippen LogP contribution in [0.1, 0.15) is 12.5 Å². The van der Waals surface area contributed by atoms with Crippen LogP contribution in [0.2, 0.25) is 0 Å². The largest absolute Gasteiger partial charge is 0.504 e. The first-order valence-electron chi connectivity index (χ1n) is 9.97. The number of rotatable bonds is 6. The molecule has 4 aromatic rings. The van der Waals surface area contributed by atoms with Gasteiger partial charge in [0.1, 0.15) is 6.54 Å². The number of para-hydroxylation sites is 2. The second-order valence-electron chi connectivity index (χ2n) is 7.03. The molecule has 0 atom stereocenters. The van der Waals surface area contributed by atoms with Crippen molar-refractivity contribution in [2.75, 3.05) is 6.61 Å². The predicted octanol–water partition coefficient (Wildman–Crippen LogP) is 4.01. The number of fused-ring (bicyclic) bond motifs is 2. The minimum Gasteiger partial charge on any atom is -0.504 e. The Balaban J connectivity index is 1.60. The number of pyridine rings is 1. The Bertz CT molecular complexity index is 1350. The van der Waals surface area contributed by atoms with Crippen molar-refractivity contribution in [3.8, 4) is 11.5 Å². The van der Waals surface area contributed by atoms with Crippen LogP contribution in [0.3, 0.4) is 0 Å². The zero-order valence-corrected chi connectivity index (χ0v) is 19.4. The van der Waals surface area contributed by atoms with Crippen molar-refractivity contribution in [3.63, 3.8) is 0 Å². The van der Waals surface area contributed by atoms with Crippen LogP contribution in [-0.4, -0.2) is 28.4 Å². The number of aromatic nitrogens is 1. The number of hydrazone groups is 1. The molecule has 3 aromatic carbocycles. The summed E-state index contributed by atoms with van der Waals surface area (Å²) in [7, 11) is 0. The molecule has 1 aromatic heterocycles. The topological polar surface area (TPSA) is 92.9 Å². The van der Waals surface area contributed by atoms with Crippen LogP contribution in [0.25, 0.3) is 21.8 Å². The number of ether oxygens (including phenoxy) is 1. The highest BCUT2D eigenvalue weighted by atomic mass is 127. The zero-order chi connectivity index (χ0) is 22.7. The summed E-state index contributed by atoms with van der Waals surface area (Å²) < 4.78 is 7.85. The number of carbonyl (C=O) groups is 1. The molecule has 4 rings (SSSR count). The molecule has 7 nitrogen and oxygen atoms in total. The van der Waals surface area contributed by atoms with E-state index in [2.05, 4.69) is 10.5 Å². The molecule has 8 heteroatoms. The minimum absolute atomic E-state index is 0.00401. The van der Waals surface area contributed by atoms with Crippen molar-refractivity contribution in [2.24, 2.45) is 5.10 Å². The van der Waals surface area contributed by atoms with E-state index in [0.717, 1.165) is 0 Å². The number of nitrogens with one attached hydrogen (secondary N) is 1. The predicted molar refractivity (Wildman–Crippen MR) is 133 cm³/mol. The molecule has 0 radical (unpaired) electrons. The van der Waals surface area contributed by atoms with E-state index in [1.165, 1.54) is 6.21 Å². The number of nitrogens with zero attached hydrogens (tertiary/aromatic N) is 2. The highest BCUT2D eigenvalue weighted by Crippen LogP contribution is 2.32. The van der Waals surface area contributed by atoms with E-state index in [1.54, 1.807) is 24.3 Å². The number of benzene rings is 3. The molecular formula is C24H20IN3O4. The van der Waals surface area contributed by atoms with E-state index in [0.29, 0.717) is 43.3 Å². The van der Waals surface area contributed by atoms with Crippen molar-refractivity contribution in [1.82, 2.24) is 9.99 Å². The second-order valence-corrected chi connectivity index (χ2v) is 8.19. The van der Waals surface area contributed by atoms with Crippen molar-refractivity contribution >= 4 is 56.5 Å². The Labute approximate surface area is 197 Å². The smallest absolute Gasteiger partial charge is 0.260 e. The lowest BCUT2D eigenvalue weighted by Crippen LogP contribution is -2.25. The summed E-state index contributed by atoms with van der Waals surface area (Å²) >= 11 is 2.01. The van der Waals surface area contributed by atoms with Crippen LogP contribution in [0.4, 0.5) is 0 Å². The number of phenolic OH excluding ortho intramolecular Hbond substituents is 1. The number of hydrogen-bond acceptors (Lipinski definition) is 5. The maximum atomic E-state index is 12.8. The van der Waals surface area contributed by atoms with Crippen LogP contribution in [0.15, 0.2) is 70.6 Å². The Morgan fingerprint density at radius 1 is 1.12 bits per heavy atom. The molecule has 0 unspecified atom stereocenters. The highest BCUT2D eigenvalue weighted by Gasteiger charge is 2.13. The third-order valence-corrected chi connectivity index (χ3v) is 5.76. The van der Waals surface area contributed by atoms with Gasteiger partial charge in [0.05, 0.1) is 27.4 Å². The highest BCUT2D eigenvalue weighted by molar-refractivity contribution is 14.1. The molecule has 0 fully saturated rings. The molecule has 0 bridgehead atoms. The van der Waals surface area contributed by atoms with Gasteiger partial charge >= 0.3 is 0 Å². The average molecular weight is 541 g/mol. The SMILES string of the molecule is CCOc1cc(/C=N\NC(=O)Cn2c3ccccc3c(=O)c3ccccc32)cc(I)c1O.